The van der Waals surface area contributed by atoms with Crippen LogP contribution in [-0.4, -0.2) is 30.0 Å². The molecule has 1 heterocycles. The number of benzene rings is 1. The van der Waals surface area contributed by atoms with Crippen LogP contribution in [0.1, 0.15) is 20.8 Å². The maximum Gasteiger partial charge on any atom is 0.514 e. The zero-order valence-corrected chi connectivity index (χ0v) is 13.0. The summed E-state index contributed by atoms with van der Waals surface area (Å²) in [4.78, 5) is 13.4. The molecule has 0 amide bonds. The molecule has 7 heteroatoms. The summed E-state index contributed by atoms with van der Waals surface area (Å²) in [6.07, 6.45) is -0.763. The highest BCUT2D eigenvalue weighted by atomic mass is 32.1. The third kappa shape index (κ3) is 3.98. The Bertz CT molecular complexity index is 569. The first-order valence-corrected chi connectivity index (χ1v) is 6.92. The van der Waals surface area contributed by atoms with Gasteiger partial charge in [-0.3, -0.25) is 0 Å². The third-order valence-electron chi connectivity index (χ3n) is 2.65. The van der Waals surface area contributed by atoms with Gasteiger partial charge in [0.2, 0.25) is 0 Å². The average Bonchev–Trinajstić information content (AvgIpc) is 2.35. The van der Waals surface area contributed by atoms with Gasteiger partial charge < -0.3 is 24.8 Å². The zero-order chi connectivity index (χ0) is 15.6. The van der Waals surface area contributed by atoms with Crippen LogP contribution in [0.5, 0.6) is 11.5 Å². The molecular formula is C14H18N2O4S. The number of thiocarbonyl (C=S) groups is 1. The number of nitrogens with zero attached hydrogens (tertiary/aromatic N) is 1. The number of hydrogen-bond donors (Lipinski definition) is 1. The van der Waals surface area contributed by atoms with Crippen molar-refractivity contribution in [1.29, 1.82) is 0 Å². The molecule has 0 bridgehead atoms. The number of rotatable bonds is 1. The monoisotopic (exact) mass is 310 g/mol. The number of fused-ring (bicyclic) bond motifs is 1. The highest BCUT2D eigenvalue weighted by molar-refractivity contribution is 7.80. The second kappa shape index (κ2) is 5.77. The summed E-state index contributed by atoms with van der Waals surface area (Å²) in [6, 6.07) is 4.99. The van der Waals surface area contributed by atoms with Crippen LogP contribution in [0.4, 0.5) is 10.5 Å². The average molecular weight is 310 g/mol. The molecule has 0 aromatic heterocycles. The van der Waals surface area contributed by atoms with Crippen molar-refractivity contribution in [3.8, 4) is 11.5 Å². The van der Waals surface area contributed by atoms with Crippen LogP contribution >= 0.6 is 12.2 Å². The van der Waals surface area contributed by atoms with Crippen LogP contribution in [0.25, 0.3) is 0 Å². The molecule has 0 radical (unpaired) electrons. The van der Waals surface area contributed by atoms with E-state index in [4.69, 9.17) is 32.2 Å². The van der Waals surface area contributed by atoms with Crippen LogP contribution in [0.2, 0.25) is 0 Å². The van der Waals surface area contributed by atoms with Crippen LogP contribution < -0.4 is 20.1 Å². The van der Waals surface area contributed by atoms with Crippen molar-refractivity contribution >= 4 is 29.2 Å². The lowest BCUT2D eigenvalue weighted by Crippen LogP contribution is -2.41. The Morgan fingerprint density at radius 3 is 2.76 bits per heavy atom. The molecule has 0 fully saturated rings. The molecule has 0 unspecified atom stereocenters. The molecule has 114 valence electrons. The lowest BCUT2D eigenvalue weighted by Gasteiger charge is -2.30. The third-order valence-corrected chi connectivity index (χ3v) is 2.87. The van der Waals surface area contributed by atoms with Gasteiger partial charge in [-0.2, -0.15) is 0 Å². The molecule has 0 saturated carbocycles. The Hall–Kier alpha value is -2.02. The summed E-state index contributed by atoms with van der Waals surface area (Å²) in [6.45, 7) is 6.35. The van der Waals surface area contributed by atoms with Crippen molar-refractivity contribution in [2.24, 2.45) is 5.73 Å². The fourth-order valence-electron chi connectivity index (χ4n) is 1.86. The van der Waals surface area contributed by atoms with Crippen molar-refractivity contribution < 1.29 is 19.0 Å². The SMILES string of the molecule is CC(C)(C)OC(=O)Oc1ccc2c(c1)N(C(N)=S)CCO2. The van der Waals surface area contributed by atoms with E-state index in [1.54, 1.807) is 43.9 Å². The number of ether oxygens (including phenoxy) is 3. The Kier molecular flexibility index (Phi) is 4.22. The van der Waals surface area contributed by atoms with Gasteiger partial charge in [-0.05, 0) is 45.1 Å². The molecule has 21 heavy (non-hydrogen) atoms. The van der Waals surface area contributed by atoms with Gasteiger partial charge in [0, 0.05) is 6.07 Å². The smallest absolute Gasteiger partial charge is 0.490 e. The second-order valence-corrected chi connectivity index (χ2v) is 5.95. The van der Waals surface area contributed by atoms with E-state index in [1.165, 1.54) is 0 Å². The van der Waals surface area contributed by atoms with Crippen molar-refractivity contribution in [3.63, 3.8) is 0 Å². The molecular weight excluding hydrogens is 292 g/mol. The van der Waals surface area contributed by atoms with Gasteiger partial charge in [-0.1, -0.05) is 0 Å². The number of carbonyl (C=O) groups is 1. The molecule has 1 aromatic carbocycles. The van der Waals surface area contributed by atoms with Gasteiger partial charge in [0.25, 0.3) is 0 Å². The molecule has 2 rings (SSSR count). The van der Waals surface area contributed by atoms with E-state index in [0.29, 0.717) is 30.3 Å². The lowest BCUT2D eigenvalue weighted by molar-refractivity contribution is 0.0206. The summed E-state index contributed by atoms with van der Waals surface area (Å²) < 4.78 is 15.8. The summed E-state index contributed by atoms with van der Waals surface area (Å²) >= 11 is 5.01. The maximum absolute atomic E-state index is 11.7. The van der Waals surface area contributed by atoms with E-state index in [0.717, 1.165) is 0 Å². The summed E-state index contributed by atoms with van der Waals surface area (Å²) in [5, 5.41) is 0.244. The molecule has 1 aliphatic rings. The Balaban J connectivity index is 2.18. The summed E-state index contributed by atoms with van der Waals surface area (Å²) in [7, 11) is 0. The normalized spacial score (nSPS) is 14.0. The largest absolute Gasteiger partial charge is 0.514 e. The fourth-order valence-corrected chi connectivity index (χ4v) is 2.05. The summed E-state index contributed by atoms with van der Waals surface area (Å²) in [5.41, 5.74) is 5.75. The Morgan fingerprint density at radius 2 is 2.14 bits per heavy atom. The van der Waals surface area contributed by atoms with Crippen LogP contribution in [-0.2, 0) is 4.74 Å². The number of nitrogens with two attached hydrogens (primary N) is 1. The lowest BCUT2D eigenvalue weighted by atomic mass is 10.2. The molecule has 0 atom stereocenters. The second-order valence-electron chi connectivity index (χ2n) is 5.53. The van der Waals surface area contributed by atoms with E-state index >= 15 is 0 Å². The van der Waals surface area contributed by atoms with Gasteiger partial charge in [0.05, 0.1) is 12.2 Å². The van der Waals surface area contributed by atoms with Crippen molar-refractivity contribution in [1.82, 2.24) is 0 Å². The Labute approximate surface area is 128 Å². The van der Waals surface area contributed by atoms with Gasteiger partial charge >= 0.3 is 6.16 Å². The number of hydrogen-bond acceptors (Lipinski definition) is 5. The van der Waals surface area contributed by atoms with E-state index in [2.05, 4.69) is 0 Å². The highest BCUT2D eigenvalue weighted by Crippen LogP contribution is 2.35. The van der Waals surface area contributed by atoms with Gasteiger partial charge in [0.15, 0.2) is 5.11 Å². The minimum Gasteiger partial charge on any atom is -0.490 e. The summed E-state index contributed by atoms with van der Waals surface area (Å²) in [5.74, 6) is 0.986. The minimum atomic E-state index is -0.763. The van der Waals surface area contributed by atoms with E-state index in [9.17, 15) is 4.79 Å². The predicted molar refractivity (Wildman–Crippen MR) is 82.9 cm³/mol. The quantitative estimate of drug-likeness (QED) is 0.485. The van der Waals surface area contributed by atoms with E-state index < -0.39 is 11.8 Å². The van der Waals surface area contributed by atoms with Crippen LogP contribution in [0, 0.1) is 0 Å². The van der Waals surface area contributed by atoms with Crippen LogP contribution in [0.3, 0.4) is 0 Å². The first-order chi connectivity index (χ1) is 9.76. The van der Waals surface area contributed by atoms with Gasteiger partial charge in [0.1, 0.15) is 23.7 Å². The van der Waals surface area contributed by atoms with E-state index in [1.807, 2.05) is 0 Å². The van der Waals surface area contributed by atoms with Crippen molar-refractivity contribution in [2.75, 3.05) is 18.1 Å². The first kappa shape index (κ1) is 15.4. The van der Waals surface area contributed by atoms with Crippen LogP contribution in [0.15, 0.2) is 18.2 Å². The number of carbonyl (C=O) groups excluding carboxylic acids is 1. The zero-order valence-electron chi connectivity index (χ0n) is 12.2. The molecule has 0 saturated heterocycles. The molecule has 0 spiro atoms. The van der Waals surface area contributed by atoms with Crippen molar-refractivity contribution in [2.45, 2.75) is 26.4 Å². The molecule has 0 aliphatic carbocycles. The topological polar surface area (TPSA) is 74.0 Å². The first-order valence-electron chi connectivity index (χ1n) is 6.51. The maximum atomic E-state index is 11.7. The molecule has 6 nitrogen and oxygen atoms in total. The predicted octanol–water partition coefficient (Wildman–Crippen LogP) is 2.44. The Morgan fingerprint density at radius 1 is 1.43 bits per heavy atom. The molecule has 2 N–H and O–H groups in total. The van der Waals surface area contributed by atoms with Gasteiger partial charge in [-0.15, -0.1) is 0 Å². The van der Waals surface area contributed by atoms with Crippen molar-refractivity contribution in [3.05, 3.63) is 18.2 Å². The minimum absolute atomic E-state index is 0.244. The highest BCUT2D eigenvalue weighted by Gasteiger charge is 2.22. The standard InChI is InChI=1S/C14H18N2O4S/c1-14(2,3)20-13(17)19-9-4-5-11-10(8-9)16(12(15)21)6-7-18-11/h4-5,8H,6-7H2,1-3H3,(H2,15,21). The molecule has 1 aromatic rings. The number of anilines is 1. The van der Waals surface area contributed by atoms with E-state index in [-0.39, 0.29) is 5.11 Å². The van der Waals surface area contributed by atoms with Gasteiger partial charge in [-0.25, -0.2) is 4.79 Å². The molecule has 1 aliphatic heterocycles. The fraction of sp³-hybridized carbons (Fsp3) is 0.429.